The maximum Gasteiger partial charge on any atom is 0.338 e. The normalized spacial score (nSPS) is 15.8. The molecule has 3 rings (SSSR count). The first-order valence-electron chi connectivity index (χ1n) is 11.0. The van der Waals surface area contributed by atoms with Crippen molar-refractivity contribution in [3.63, 3.8) is 0 Å². The lowest BCUT2D eigenvalue weighted by Crippen LogP contribution is -2.32. The van der Waals surface area contributed by atoms with E-state index in [0.717, 1.165) is 31.2 Å². The Morgan fingerprint density at radius 3 is 2.36 bits per heavy atom. The SMILES string of the molecule is COc1ccc(C(=O)O[C@@H](C)C(=O)Nc2cccc(C)c2)cc1S(=O)(=O)N1CCCCCC1. The smallest absolute Gasteiger partial charge is 0.338 e. The van der Waals surface area contributed by atoms with Gasteiger partial charge in [-0.2, -0.15) is 4.31 Å². The summed E-state index contributed by atoms with van der Waals surface area (Å²) in [5.41, 5.74) is 1.60. The molecule has 8 nitrogen and oxygen atoms in total. The molecule has 1 atom stereocenters. The highest BCUT2D eigenvalue weighted by molar-refractivity contribution is 7.89. The molecule has 0 aliphatic carbocycles. The number of carbonyl (C=O) groups is 2. The fraction of sp³-hybridized carbons (Fsp3) is 0.417. The van der Waals surface area contributed by atoms with Gasteiger partial charge < -0.3 is 14.8 Å². The van der Waals surface area contributed by atoms with E-state index in [2.05, 4.69) is 5.32 Å². The van der Waals surface area contributed by atoms with Crippen LogP contribution in [0.5, 0.6) is 5.75 Å². The number of sulfonamides is 1. The molecule has 178 valence electrons. The van der Waals surface area contributed by atoms with E-state index < -0.39 is 28.0 Å². The van der Waals surface area contributed by atoms with Gasteiger partial charge in [0, 0.05) is 18.8 Å². The second kappa shape index (κ2) is 10.8. The first kappa shape index (κ1) is 24.7. The van der Waals surface area contributed by atoms with E-state index in [4.69, 9.17) is 9.47 Å². The van der Waals surface area contributed by atoms with Crippen LogP contribution in [0.1, 0.15) is 48.5 Å². The minimum atomic E-state index is -3.85. The molecule has 0 bridgehead atoms. The summed E-state index contributed by atoms with van der Waals surface area (Å²) in [6.07, 6.45) is 2.47. The van der Waals surface area contributed by atoms with Crippen LogP contribution in [-0.4, -0.2) is 50.9 Å². The molecule has 0 radical (unpaired) electrons. The number of anilines is 1. The lowest BCUT2D eigenvalue weighted by atomic mass is 10.2. The van der Waals surface area contributed by atoms with Gasteiger partial charge in [-0.15, -0.1) is 0 Å². The van der Waals surface area contributed by atoms with E-state index in [1.54, 1.807) is 12.1 Å². The van der Waals surface area contributed by atoms with Crippen molar-refractivity contribution in [2.24, 2.45) is 0 Å². The van der Waals surface area contributed by atoms with Gasteiger partial charge in [0.15, 0.2) is 6.10 Å². The van der Waals surface area contributed by atoms with E-state index in [9.17, 15) is 18.0 Å². The van der Waals surface area contributed by atoms with Gasteiger partial charge in [0.2, 0.25) is 10.0 Å². The molecule has 2 aromatic rings. The summed E-state index contributed by atoms with van der Waals surface area (Å²) in [6, 6.07) is 11.4. The van der Waals surface area contributed by atoms with E-state index in [0.29, 0.717) is 18.8 Å². The molecule has 9 heteroatoms. The number of methoxy groups -OCH3 is 1. The standard InChI is InChI=1S/C24H30N2O6S/c1-17-9-8-10-20(15-17)25-23(27)18(2)32-24(28)19-11-12-21(31-3)22(16-19)33(29,30)26-13-6-4-5-7-14-26/h8-12,15-16,18H,4-7,13-14H2,1-3H3,(H,25,27)/t18-/m0/s1. The van der Waals surface area contributed by atoms with Gasteiger partial charge in [-0.25, -0.2) is 13.2 Å². The summed E-state index contributed by atoms with van der Waals surface area (Å²) in [7, 11) is -2.47. The summed E-state index contributed by atoms with van der Waals surface area (Å²) >= 11 is 0. The molecule has 1 N–H and O–H groups in total. The summed E-state index contributed by atoms with van der Waals surface area (Å²) < 4.78 is 38.6. The second-order valence-corrected chi connectivity index (χ2v) is 10.00. The summed E-state index contributed by atoms with van der Waals surface area (Å²) in [4.78, 5) is 25.1. The first-order valence-corrected chi connectivity index (χ1v) is 12.4. The lowest BCUT2D eigenvalue weighted by molar-refractivity contribution is -0.123. The Kier molecular flexibility index (Phi) is 8.10. The predicted octanol–water partition coefficient (Wildman–Crippen LogP) is 3.75. The Morgan fingerprint density at radius 1 is 1.03 bits per heavy atom. The number of nitrogens with one attached hydrogen (secondary N) is 1. The molecule has 33 heavy (non-hydrogen) atoms. The third-order valence-corrected chi connectivity index (χ3v) is 7.44. The number of hydrogen-bond donors (Lipinski definition) is 1. The zero-order valence-electron chi connectivity index (χ0n) is 19.2. The Morgan fingerprint density at radius 2 is 1.73 bits per heavy atom. The highest BCUT2D eigenvalue weighted by Gasteiger charge is 2.30. The molecule has 2 aromatic carbocycles. The van der Waals surface area contributed by atoms with Crippen molar-refractivity contribution in [1.29, 1.82) is 0 Å². The molecule has 1 amide bonds. The minimum Gasteiger partial charge on any atom is -0.495 e. The van der Waals surface area contributed by atoms with Crippen LogP contribution in [0.2, 0.25) is 0 Å². The number of rotatable bonds is 7. The monoisotopic (exact) mass is 474 g/mol. The van der Waals surface area contributed by atoms with Crippen LogP contribution in [0.15, 0.2) is 47.4 Å². The third-order valence-electron chi connectivity index (χ3n) is 5.52. The Balaban J connectivity index is 1.77. The number of ether oxygens (including phenoxy) is 2. The van der Waals surface area contributed by atoms with Gasteiger partial charge in [-0.1, -0.05) is 25.0 Å². The van der Waals surface area contributed by atoms with Crippen molar-refractivity contribution in [2.75, 3.05) is 25.5 Å². The lowest BCUT2D eigenvalue weighted by Gasteiger charge is -2.21. The van der Waals surface area contributed by atoms with Crippen LogP contribution in [0.4, 0.5) is 5.69 Å². The molecule has 0 saturated carbocycles. The Labute approximate surface area is 194 Å². The molecule has 1 aliphatic rings. The molecule has 0 aromatic heterocycles. The van der Waals surface area contributed by atoms with Crippen molar-refractivity contribution in [3.8, 4) is 5.75 Å². The first-order chi connectivity index (χ1) is 15.7. The zero-order chi connectivity index (χ0) is 24.0. The fourth-order valence-electron chi connectivity index (χ4n) is 3.68. The van der Waals surface area contributed by atoms with Crippen molar-refractivity contribution >= 4 is 27.6 Å². The van der Waals surface area contributed by atoms with Crippen LogP contribution >= 0.6 is 0 Å². The molecule has 1 heterocycles. The predicted molar refractivity (Wildman–Crippen MR) is 125 cm³/mol. The van der Waals surface area contributed by atoms with Gasteiger partial charge in [-0.3, -0.25) is 4.79 Å². The van der Waals surface area contributed by atoms with Crippen molar-refractivity contribution in [3.05, 3.63) is 53.6 Å². The summed E-state index contributed by atoms with van der Waals surface area (Å²) in [6.45, 7) is 4.22. The molecule has 1 saturated heterocycles. The number of amides is 1. The number of benzene rings is 2. The largest absolute Gasteiger partial charge is 0.495 e. The van der Waals surface area contributed by atoms with Gasteiger partial charge in [0.1, 0.15) is 10.6 Å². The van der Waals surface area contributed by atoms with Crippen LogP contribution < -0.4 is 10.1 Å². The van der Waals surface area contributed by atoms with Crippen molar-refractivity contribution < 1.29 is 27.5 Å². The average Bonchev–Trinajstić information content (AvgIpc) is 3.09. The number of nitrogens with zero attached hydrogens (tertiary/aromatic N) is 1. The zero-order valence-corrected chi connectivity index (χ0v) is 20.0. The minimum absolute atomic E-state index is 0.0272. The third kappa shape index (κ3) is 6.11. The highest BCUT2D eigenvalue weighted by atomic mass is 32.2. The fourth-order valence-corrected chi connectivity index (χ4v) is 5.37. The molecular weight excluding hydrogens is 444 g/mol. The molecule has 1 fully saturated rings. The quantitative estimate of drug-likeness (QED) is 0.613. The maximum atomic E-state index is 13.3. The van der Waals surface area contributed by atoms with Gasteiger partial charge in [-0.05, 0) is 62.6 Å². The number of esters is 1. The van der Waals surface area contributed by atoms with Gasteiger partial charge >= 0.3 is 5.97 Å². The van der Waals surface area contributed by atoms with Crippen LogP contribution in [0, 0.1) is 6.92 Å². The Hall–Kier alpha value is -2.91. The molecule has 1 aliphatic heterocycles. The maximum absolute atomic E-state index is 13.3. The Bertz CT molecular complexity index is 1110. The second-order valence-electron chi connectivity index (χ2n) is 8.09. The average molecular weight is 475 g/mol. The topological polar surface area (TPSA) is 102 Å². The molecule has 0 spiro atoms. The van der Waals surface area contributed by atoms with E-state index in [1.165, 1.54) is 36.5 Å². The van der Waals surface area contributed by atoms with E-state index in [-0.39, 0.29) is 16.2 Å². The van der Waals surface area contributed by atoms with Gasteiger partial charge in [0.25, 0.3) is 5.91 Å². The van der Waals surface area contributed by atoms with Crippen LogP contribution in [0.3, 0.4) is 0 Å². The number of hydrogen-bond acceptors (Lipinski definition) is 6. The highest BCUT2D eigenvalue weighted by Crippen LogP contribution is 2.29. The number of carbonyl (C=O) groups excluding carboxylic acids is 2. The van der Waals surface area contributed by atoms with E-state index in [1.807, 2.05) is 19.1 Å². The van der Waals surface area contributed by atoms with Gasteiger partial charge in [0.05, 0.1) is 12.7 Å². The molecule has 0 unspecified atom stereocenters. The van der Waals surface area contributed by atoms with Crippen LogP contribution in [0.25, 0.3) is 0 Å². The summed E-state index contributed by atoms with van der Waals surface area (Å²) in [5.74, 6) is -1.13. The van der Waals surface area contributed by atoms with Crippen molar-refractivity contribution in [2.45, 2.75) is 50.5 Å². The van der Waals surface area contributed by atoms with Crippen LogP contribution in [-0.2, 0) is 19.6 Å². The molecular formula is C24H30N2O6S. The summed E-state index contributed by atoms with van der Waals surface area (Å²) in [5, 5.41) is 2.70. The number of aryl methyl sites for hydroxylation is 1. The van der Waals surface area contributed by atoms with E-state index >= 15 is 0 Å². The van der Waals surface area contributed by atoms with Crippen molar-refractivity contribution in [1.82, 2.24) is 4.31 Å².